The minimum atomic E-state index is -0.459. The molecule has 2 aliphatic rings. The van der Waals surface area contributed by atoms with Crippen LogP contribution in [0, 0.1) is 22.0 Å². The van der Waals surface area contributed by atoms with E-state index in [1.165, 1.54) is 36.2 Å². The van der Waals surface area contributed by atoms with E-state index in [1.807, 2.05) is 18.2 Å². The molecule has 0 aliphatic carbocycles. The average molecular weight is 681 g/mol. The molecule has 0 unspecified atom stereocenters. The maximum Gasteiger partial charge on any atom is 0.287 e. The second-order valence-electron chi connectivity index (χ2n) is 12.1. The van der Waals surface area contributed by atoms with Gasteiger partial charge < -0.3 is 15.2 Å². The maximum absolute atomic E-state index is 10.6. The van der Waals surface area contributed by atoms with Crippen molar-refractivity contribution < 1.29 is 31.5 Å². The Hall–Kier alpha value is -4.02. The van der Waals surface area contributed by atoms with Gasteiger partial charge in [-0.2, -0.15) is 0 Å². The summed E-state index contributed by atoms with van der Waals surface area (Å²) in [5, 5.41) is 10.6. The monoisotopic (exact) mass is 680 g/mol. The molecule has 2 aromatic heterocycles. The van der Waals surface area contributed by atoms with Crippen LogP contribution in [-0.4, -0.2) is 64.1 Å². The van der Waals surface area contributed by atoms with Crippen molar-refractivity contribution in [1.29, 1.82) is 0 Å². The Bertz CT molecular complexity index is 1450. The first-order valence-corrected chi connectivity index (χ1v) is 16.1. The third-order valence-electron chi connectivity index (χ3n) is 8.54. The fraction of sp³-hybridized carbons (Fsp3) is 0.389. The number of rotatable bonds is 11. The van der Waals surface area contributed by atoms with E-state index in [9.17, 15) is 10.1 Å². The van der Waals surface area contributed by atoms with Crippen LogP contribution in [0.15, 0.2) is 97.3 Å². The number of ether oxygens (including phenoxy) is 2. The molecule has 47 heavy (non-hydrogen) atoms. The summed E-state index contributed by atoms with van der Waals surface area (Å²) in [6.07, 6.45) is 7.43. The van der Waals surface area contributed by atoms with Crippen LogP contribution in [0.3, 0.4) is 0 Å². The number of nitrogens with zero attached hydrogens (tertiary/aromatic N) is 5. The van der Waals surface area contributed by atoms with Crippen LogP contribution in [0.1, 0.15) is 36.8 Å². The smallest absolute Gasteiger partial charge is 0.287 e. The predicted molar refractivity (Wildman–Crippen MR) is 179 cm³/mol. The van der Waals surface area contributed by atoms with E-state index >= 15 is 0 Å². The van der Waals surface area contributed by atoms with Crippen LogP contribution in [0.2, 0.25) is 0 Å². The zero-order valence-electron chi connectivity index (χ0n) is 26.7. The standard InChI is InChI=1S/C18H21N3O3.C18H23N3O.Fe/c22-21(23)17-6-7-18(19-12-17)24-14-16-8-10-20(11-9-16)13-15-4-2-1-3-5-15;19-17-6-7-18(20-12-17)22-14-16-8-10-21(11-9-16)13-15-4-2-1-3-5-15;/h1-7,12,16H,8-11,13-14H2;1-7,12,16H,8-11,13-14,19H2;. The molecular weight excluding hydrogens is 636 g/mol. The molecule has 0 radical (unpaired) electrons. The molecule has 2 N–H and O–H groups in total. The van der Waals surface area contributed by atoms with Crippen LogP contribution in [0.25, 0.3) is 0 Å². The number of hydrogen-bond donors (Lipinski definition) is 1. The molecule has 0 saturated carbocycles. The Labute approximate surface area is 287 Å². The van der Waals surface area contributed by atoms with Crippen molar-refractivity contribution in [2.45, 2.75) is 38.8 Å². The third kappa shape index (κ3) is 12.3. The molecule has 6 rings (SSSR count). The molecule has 250 valence electrons. The van der Waals surface area contributed by atoms with Gasteiger partial charge in [0.1, 0.15) is 6.20 Å². The van der Waals surface area contributed by atoms with Crippen LogP contribution in [0.4, 0.5) is 11.4 Å². The van der Waals surface area contributed by atoms with E-state index in [0.29, 0.717) is 35.9 Å². The number of nitro groups is 1. The molecule has 2 aliphatic heterocycles. The van der Waals surface area contributed by atoms with Gasteiger partial charge in [0.15, 0.2) is 0 Å². The van der Waals surface area contributed by atoms with Gasteiger partial charge in [-0.3, -0.25) is 19.9 Å². The quantitative estimate of drug-likeness (QED) is 0.112. The summed E-state index contributed by atoms with van der Waals surface area (Å²) in [5.74, 6) is 2.24. The summed E-state index contributed by atoms with van der Waals surface area (Å²) in [7, 11) is 0. The van der Waals surface area contributed by atoms with Gasteiger partial charge in [0.25, 0.3) is 5.69 Å². The molecule has 10 nitrogen and oxygen atoms in total. The fourth-order valence-corrected chi connectivity index (χ4v) is 5.76. The van der Waals surface area contributed by atoms with Gasteiger partial charge >= 0.3 is 0 Å². The van der Waals surface area contributed by atoms with Gasteiger partial charge in [0, 0.05) is 48.4 Å². The molecule has 0 amide bonds. The van der Waals surface area contributed by atoms with Crippen molar-refractivity contribution in [3.63, 3.8) is 0 Å². The van der Waals surface area contributed by atoms with E-state index in [-0.39, 0.29) is 22.8 Å². The largest absolute Gasteiger partial charge is 0.477 e. The van der Waals surface area contributed by atoms with Crippen molar-refractivity contribution in [3.05, 3.63) is 119 Å². The summed E-state index contributed by atoms with van der Waals surface area (Å²) in [6, 6.07) is 27.8. The van der Waals surface area contributed by atoms with Crippen molar-refractivity contribution in [3.8, 4) is 11.8 Å². The zero-order chi connectivity index (χ0) is 32.0. The summed E-state index contributed by atoms with van der Waals surface area (Å²) in [6.45, 7) is 7.82. The Morgan fingerprint density at radius 3 is 1.51 bits per heavy atom. The first kappa shape index (κ1) is 35.8. The molecule has 2 aromatic carbocycles. The predicted octanol–water partition coefficient (Wildman–Crippen LogP) is 6.23. The molecule has 0 spiro atoms. The summed E-state index contributed by atoms with van der Waals surface area (Å²) in [5.41, 5.74) is 9.01. The normalized spacial score (nSPS) is 15.9. The minimum Gasteiger partial charge on any atom is -0.477 e. The van der Waals surface area contributed by atoms with Crippen molar-refractivity contribution >= 4 is 11.4 Å². The molecule has 2 saturated heterocycles. The number of aromatic nitrogens is 2. The van der Waals surface area contributed by atoms with Crippen molar-refractivity contribution in [2.75, 3.05) is 45.1 Å². The summed E-state index contributed by atoms with van der Waals surface area (Å²) < 4.78 is 11.5. The van der Waals surface area contributed by atoms with Crippen LogP contribution in [-0.2, 0) is 30.2 Å². The second kappa shape index (κ2) is 19.0. The number of benzene rings is 2. The topological polar surface area (TPSA) is 120 Å². The molecule has 4 aromatic rings. The van der Waals surface area contributed by atoms with Gasteiger partial charge in [-0.25, -0.2) is 9.97 Å². The molecule has 2 fully saturated rings. The summed E-state index contributed by atoms with van der Waals surface area (Å²) in [4.78, 5) is 23.3. The number of pyridine rings is 2. The van der Waals surface area contributed by atoms with Crippen molar-refractivity contribution in [2.24, 2.45) is 11.8 Å². The van der Waals surface area contributed by atoms with Gasteiger partial charge in [0.05, 0.1) is 30.0 Å². The number of piperidine rings is 2. The average Bonchev–Trinajstić information content (AvgIpc) is 3.10. The van der Waals surface area contributed by atoms with Gasteiger partial charge in [-0.15, -0.1) is 0 Å². The Morgan fingerprint density at radius 1 is 0.681 bits per heavy atom. The number of anilines is 1. The molecule has 0 bridgehead atoms. The summed E-state index contributed by atoms with van der Waals surface area (Å²) >= 11 is 0. The molecular formula is C36H44FeN6O4. The Morgan fingerprint density at radius 2 is 1.13 bits per heavy atom. The first-order valence-electron chi connectivity index (χ1n) is 16.1. The van der Waals surface area contributed by atoms with Crippen LogP contribution >= 0.6 is 0 Å². The number of nitrogen functional groups attached to an aromatic ring is 1. The number of nitrogens with two attached hydrogens (primary N) is 1. The third-order valence-corrected chi connectivity index (χ3v) is 8.54. The zero-order valence-corrected chi connectivity index (χ0v) is 27.8. The van der Waals surface area contributed by atoms with E-state index in [2.05, 4.69) is 74.4 Å². The minimum absolute atomic E-state index is 0. The van der Waals surface area contributed by atoms with Gasteiger partial charge in [-0.1, -0.05) is 60.7 Å². The molecule has 11 heteroatoms. The van der Waals surface area contributed by atoms with Gasteiger partial charge in [0.2, 0.25) is 11.8 Å². The Kier molecular flexibility index (Phi) is 14.5. The maximum atomic E-state index is 10.6. The van der Waals surface area contributed by atoms with Crippen LogP contribution < -0.4 is 15.2 Å². The fourth-order valence-electron chi connectivity index (χ4n) is 5.76. The first-order chi connectivity index (χ1) is 22.5. The van der Waals surface area contributed by atoms with Crippen LogP contribution in [0.5, 0.6) is 11.8 Å². The number of likely N-dealkylation sites (tertiary alicyclic amines) is 2. The van der Waals surface area contributed by atoms with E-state index < -0.39 is 4.92 Å². The van der Waals surface area contributed by atoms with Gasteiger partial charge in [-0.05, 0) is 80.9 Å². The van der Waals surface area contributed by atoms with E-state index in [4.69, 9.17) is 15.2 Å². The number of hydrogen-bond acceptors (Lipinski definition) is 9. The van der Waals surface area contributed by atoms with E-state index in [0.717, 1.165) is 58.7 Å². The SMILES string of the molecule is Nc1ccc(OCC2CCN(Cc3ccccc3)CC2)nc1.O=[N+]([O-])c1ccc(OCC2CCN(Cc3ccccc3)CC2)nc1.[Fe]. The Balaban J connectivity index is 0.000000209. The van der Waals surface area contributed by atoms with Crippen molar-refractivity contribution in [1.82, 2.24) is 19.8 Å². The van der Waals surface area contributed by atoms with E-state index in [1.54, 1.807) is 12.3 Å². The second-order valence-corrected chi connectivity index (χ2v) is 12.1. The molecule has 4 heterocycles. The molecule has 0 atom stereocenters.